The molecule has 1 unspecified atom stereocenters. The second kappa shape index (κ2) is 5.83. The van der Waals surface area contributed by atoms with Gasteiger partial charge in [0.05, 0.1) is 0 Å². The van der Waals surface area contributed by atoms with Crippen LogP contribution in [-0.4, -0.2) is 0 Å². The van der Waals surface area contributed by atoms with Crippen molar-refractivity contribution in [3.63, 3.8) is 0 Å². The lowest BCUT2D eigenvalue weighted by atomic mass is 10.0. The number of hydrogen-bond donors (Lipinski definition) is 1. The van der Waals surface area contributed by atoms with Gasteiger partial charge in [0.2, 0.25) is 0 Å². The highest BCUT2D eigenvalue weighted by molar-refractivity contribution is 5.25. The van der Waals surface area contributed by atoms with Gasteiger partial charge in [-0.25, -0.2) is 0 Å². The van der Waals surface area contributed by atoms with Crippen molar-refractivity contribution in [1.82, 2.24) is 5.32 Å². The van der Waals surface area contributed by atoms with Gasteiger partial charge in [0.15, 0.2) is 0 Å². The lowest BCUT2D eigenvalue weighted by molar-refractivity contribution is 0.494. The summed E-state index contributed by atoms with van der Waals surface area (Å²) in [7, 11) is 0. The Hall–Kier alpha value is -1.60. The first-order valence-electron chi connectivity index (χ1n) is 6.54. The Morgan fingerprint density at radius 2 is 1.39 bits per heavy atom. The molecule has 1 nitrogen and oxygen atoms in total. The van der Waals surface area contributed by atoms with Gasteiger partial charge >= 0.3 is 0 Å². The monoisotopic (exact) mass is 239 g/mol. The van der Waals surface area contributed by atoms with E-state index in [0.29, 0.717) is 12.1 Å². The van der Waals surface area contributed by atoms with Gasteiger partial charge in [-0.05, 0) is 31.9 Å². The first-order valence-corrected chi connectivity index (χ1v) is 6.54. The molecule has 0 fully saturated rings. The molecule has 0 aliphatic heterocycles. The number of rotatable bonds is 4. The minimum Gasteiger partial charge on any atom is -0.304 e. The Labute approximate surface area is 110 Å². The average molecular weight is 239 g/mol. The van der Waals surface area contributed by atoms with Crippen LogP contribution in [0.2, 0.25) is 0 Å². The maximum atomic E-state index is 3.64. The summed E-state index contributed by atoms with van der Waals surface area (Å²) < 4.78 is 0. The molecule has 0 saturated carbocycles. The van der Waals surface area contributed by atoms with Crippen molar-refractivity contribution in [2.75, 3.05) is 0 Å². The van der Waals surface area contributed by atoms with Crippen molar-refractivity contribution in [2.24, 2.45) is 0 Å². The van der Waals surface area contributed by atoms with Gasteiger partial charge in [-0.1, -0.05) is 60.2 Å². The number of aryl methyl sites for hydroxylation is 1. The molecule has 0 aromatic heterocycles. The molecule has 2 rings (SSSR count). The Kier molecular flexibility index (Phi) is 4.16. The Morgan fingerprint density at radius 3 is 2.06 bits per heavy atom. The van der Waals surface area contributed by atoms with Crippen LogP contribution in [0, 0.1) is 6.92 Å². The lowest BCUT2D eigenvalue weighted by Gasteiger charge is -2.21. The molecule has 18 heavy (non-hydrogen) atoms. The molecular weight excluding hydrogens is 218 g/mol. The molecule has 0 aliphatic carbocycles. The van der Waals surface area contributed by atoms with E-state index in [9.17, 15) is 0 Å². The molecular formula is C17H21N. The SMILES string of the molecule is Cc1cccc([C@@H](C)NC(C)c2ccccc2)c1. The summed E-state index contributed by atoms with van der Waals surface area (Å²) in [6.45, 7) is 6.56. The quantitative estimate of drug-likeness (QED) is 0.833. The summed E-state index contributed by atoms with van der Waals surface area (Å²) >= 11 is 0. The van der Waals surface area contributed by atoms with Crippen LogP contribution in [-0.2, 0) is 0 Å². The first kappa shape index (κ1) is 12.8. The molecule has 2 atom stereocenters. The van der Waals surface area contributed by atoms with E-state index in [1.54, 1.807) is 0 Å². The maximum Gasteiger partial charge on any atom is 0.0297 e. The van der Waals surface area contributed by atoms with E-state index in [1.807, 2.05) is 0 Å². The molecule has 1 heteroatoms. The number of hydrogen-bond acceptors (Lipinski definition) is 1. The van der Waals surface area contributed by atoms with Crippen molar-refractivity contribution in [1.29, 1.82) is 0 Å². The van der Waals surface area contributed by atoms with E-state index >= 15 is 0 Å². The van der Waals surface area contributed by atoms with E-state index in [1.165, 1.54) is 16.7 Å². The molecule has 94 valence electrons. The van der Waals surface area contributed by atoms with E-state index in [-0.39, 0.29) is 0 Å². The molecule has 0 spiro atoms. The molecule has 0 heterocycles. The van der Waals surface area contributed by atoms with E-state index in [2.05, 4.69) is 80.7 Å². The van der Waals surface area contributed by atoms with Gasteiger partial charge in [0, 0.05) is 12.1 Å². The Bertz CT molecular complexity index is 490. The normalized spacial score (nSPS) is 14.2. The third-order valence-electron chi connectivity index (χ3n) is 3.34. The Balaban J connectivity index is 2.05. The molecule has 2 aromatic carbocycles. The highest BCUT2D eigenvalue weighted by Crippen LogP contribution is 2.19. The Morgan fingerprint density at radius 1 is 0.778 bits per heavy atom. The first-order chi connectivity index (χ1) is 8.66. The van der Waals surface area contributed by atoms with Crippen LogP contribution >= 0.6 is 0 Å². The van der Waals surface area contributed by atoms with Crippen molar-refractivity contribution in [3.05, 3.63) is 71.3 Å². The predicted molar refractivity (Wildman–Crippen MR) is 77.6 cm³/mol. The van der Waals surface area contributed by atoms with E-state index in [4.69, 9.17) is 0 Å². The average Bonchev–Trinajstić information content (AvgIpc) is 2.39. The minimum absolute atomic E-state index is 0.361. The molecule has 1 N–H and O–H groups in total. The fourth-order valence-electron chi connectivity index (χ4n) is 2.25. The third-order valence-corrected chi connectivity index (χ3v) is 3.34. The number of benzene rings is 2. The second-order valence-electron chi connectivity index (χ2n) is 4.93. The molecule has 0 amide bonds. The van der Waals surface area contributed by atoms with Gasteiger partial charge in [0.1, 0.15) is 0 Å². The van der Waals surface area contributed by atoms with Gasteiger partial charge in [-0.3, -0.25) is 0 Å². The highest BCUT2D eigenvalue weighted by Gasteiger charge is 2.10. The summed E-state index contributed by atoms with van der Waals surface area (Å²) in [5, 5.41) is 3.64. The fourth-order valence-corrected chi connectivity index (χ4v) is 2.25. The van der Waals surface area contributed by atoms with Crippen LogP contribution in [0.5, 0.6) is 0 Å². The van der Waals surface area contributed by atoms with E-state index < -0.39 is 0 Å². The molecule has 0 radical (unpaired) electrons. The minimum atomic E-state index is 0.361. The second-order valence-corrected chi connectivity index (χ2v) is 4.93. The molecule has 0 saturated heterocycles. The lowest BCUT2D eigenvalue weighted by Crippen LogP contribution is -2.22. The van der Waals surface area contributed by atoms with E-state index in [0.717, 1.165) is 0 Å². The van der Waals surface area contributed by atoms with Gasteiger partial charge in [-0.2, -0.15) is 0 Å². The summed E-state index contributed by atoms with van der Waals surface area (Å²) in [4.78, 5) is 0. The van der Waals surface area contributed by atoms with Crippen molar-refractivity contribution >= 4 is 0 Å². The summed E-state index contributed by atoms with van der Waals surface area (Å²) in [6, 6.07) is 20.0. The van der Waals surface area contributed by atoms with Crippen LogP contribution in [0.4, 0.5) is 0 Å². The largest absolute Gasteiger partial charge is 0.304 e. The van der Waals surface area contributed by atoms with Crippen LogP contribution in [0.1, 0.15) is 42.6 Å². The number of nitrogens with one attached hydrogen (secondary N) is 1. The van der Waals surface area contributed by atoms with Crippen LogP contribution in [0.25, 0.3) is 0 Å². The van der Waals surface area contributed by atoms with Gasteiger partial charge in [-0.15, -0.1) is 0 Å². The molecule has 2 aromatic rings. The van der Waals surface area contributed by atoms with Crippen LogP contribution in [0.3, 0.4) is 0 Å². The maximum absolute atomic E-state index is 3.64. The smallest absolute Gasteiger partial charge is 0.0297 e. The van der Waals surface area contributed by atoms with Crippen molar-refractivity contribution in [2.45, 2.75) is 32.9 Å². The molecule has 0 bridgehead atoms. The standard InChI is InChI=1S/C17H21N/c1-13-8-7-11-17(12-13)15(3)18-14(2)16-9-5-4-6-10-16/h4-12,14-15,18H,1-3H3/t14?,15-/m1/s1. The van der Waals surface area contributed by atoms with Crippen LogP contribution in [0.15, 0.2) is 54.6 Å². The van der Waals surface area contributed by atoms with Crippen molar-refractivity contribution < 1.29 is 0 Å². The van der Waals surface area contributed by atoms with Crippen LogP contribution < -0.4 is 5.32 Å². The topological polar surface area (TPSA) is 12.0 Å². The summed E-state index contributed by atoms with van der Waals surface area (Å²) in [6.07, 6.45) is 0. The zero-order valence-electron chi connectivity index (χ0n) is 11.4. The zero-order chi connectivity index (χ0) is 13.0. The fraction of sp³-hybridized carbons (Fsp3) is 0.294. The molecule has 0 aliphatic rings. The van der Waals surface area contributed by atoms with Gasteiger partial charge in [0.25, 0.3) is 0 Å². The zero-order valence-corrected chi connectivity index (χ0v) is 11.4. The third kappa shape index (κ3) is 3.21. The van der Waals surface area contributed by atoms with Crippen molar-refractivity contribution in [3.8, 4) is 0 Å². The highest BCUT2D eigenvalue weighted by atomic mass is 14.9. The summed E-state index contributed by atoms with van der Waals surface area (Å²) in [5.41, 5.74) is 3.99. The predicted octanol–water partition coefficient (Wildman–Crippen LogP) is 4.41. The van der Waals surface area contributed by atoms with Gasteiger partial charge < -0.3 is 5.32 Å². The summed E-state index contributed by atoms with van der Waals surface area (Å²) in [5.74, 6) is 0.